The third-order valence-electron chi connectivity index (χ3n) is 3.93. The van der Waals surface area contributed by atoms with Gasteiger partial charge in [0.15, 0.2) is 5.96 Å². The quantitative estimate of drug-likeness (QED) is 0.385. The molecule has 0 radical (unpaired) electrons. The molecule has 0 aliphatic carbocycles. The molecule has 0 aromatic heterocycles. The van der Waals surface area contributed by atoms with Crippen molar-refractivity contribution >= 4 is 45.6 Å². The maximum atomic E-state index is 12.4. The van der Waals surface area contributed by atoms with Crippen LogP contribution < -0.4 is 11.1 Å². The van der Waals surface area contributed by atoms with Crippen LogP contribution in [0.3, 0.4) is 0 Å². The lowest BCUT2D eigenvalue weighted by Crippen LogP contribution is -2.24. The average molecular weight is 488 g/mol. The molecule has 0 aliphatic rings. The van der Waals surface area contributed by atoms with Crippen LogP contribution in [0.5, 0.6) is 0 Å². The fraction of sp³-hybridized carbons (Fsp3) is 0.278. The van der Waals surface area contributed by atoms with E-state index in [0.29, 0.717) is 5.56 Å². The smallest absolute Gasteiger partial charge is 0.242 e. The average Bonchev–Trinajstić information content (AvgIpc) is 2.56. The first-order chi connectivity index (χ1) is 11.7. The summed E-state index contributed by atoms with van der Waals surface area (Å²) in [5, 5.41) is 3.03. The molecule has 2 aromatic carbocycles. The van der Waals surface area contributed by atoms with Crippen molar-refractivity contribution < 1.29 is 8.42 Å². The van der Waals surface area contributed by atoms with Crippen molar-refractivity contribution in [2.75, 3.05) is 19.4 Å². The number of halogens is 1. The summed E-state index contributed by atoms with van der Waals surface area (Å²) in [6, 6.07) is 12.7. The van der Waals surface area contributed by atoms with Crippen molar-refractivity contribution in [3.05, 3.63) is 59.2 Å². The molecule has 0 atom stereocenters. The van der Waals surface area contributed by atoms with E-state index in [2.05, 4.69) is 10.3 Å². The molecule has 0 amide bonds. The topological polar surface area (TPSA) is 87.8 Å². The SMILES string of the molecule is Cc1ccc(NC(N)=NCc2ccccc2S(=O)(=O)N(C)C)cc1C.I. The van der Waals surface area contributed by atoms with E-state index in [1.807, 2.05) is 32.0 Å². The first-order valence-corrected chi connectivity index (χ1v) is 9.30. The van der Waals surface area contributed by atoms with Gasteiger partial charge >= 0.3 is 0 Å². The molecule has 0 aliphatic heterocycles. The van der Waals surface area contributed by atoms with E-state index in [1.54, 1.807) is 24.3 Å². The Balaban J connectivity index is 0.00000338. The summed E-state index contributed by atoms with van der Waals surface area (Å²) in [5.41, 5.74) is 9.73. The minimum atomic E-state index is -3.52. The molecule has 8 heteroatoms. The molecule has 2 rings (SSSR count). The monoisotopic (exact) mass is 488 g/mol. The molecule has 0 fully saturated rings. The normalized spacial score (nSPS) is 12.0. The first kappa shape index (κ1) is 22.4. The van der Waals surface area contributed by atoms with Crippen LogP contribution >= 0.6 is 24.0 Å². The molecular formula is C18H25IN4O2S. The fourth-order valence-corrected chi connectivity index (χ4v) is 3.37. The number of nitrogens with zero attached hydrogens (tertiary/aromatic N) is 2. The number of hydrogen-bond donors (Lipinski definition) is 2. The zero-order valence-electron chi connectivity index (χ0n) is 15.4. The summed E-state index contributed by atoms with van der Waals surface area (Å²) in [5.74, 6) is 0.236. The lowest BCUT2D eigenvalue weighted by atomic mass is 10.1. The van der Waals surface area contributed by atoms with Gasteiger partial charge in [-0.3, -0.25) is 0 Å². The number of nitrogens with two attached hydrogens (primary N) is 1. The Morgan fingerprint density at radius 1 is 1.12 bits per heavy atom. The molecule has 26 heavy (non-hydrogen) atoms. The van der Waals surface area contributed by atoms with E-state index >= 15 is 0 Å². The van der Waals surface area contributed by atoms with E-state index in [0.717, 1.165) is 11.3 Å². The minimum absolute atomic E-state index is 0. The summed E-state index contributed by atoms with van der Waals surface area (Å²) >= 11 is 0. The van der Waals surface area contributed by atoms with Gasteiger partial charge in [0.25, 0.3) is 0 Å². The summed E-state index contributed by atoms with van der Waals surface area (Å²) in [6.45, 7) is 4.24. The highest BCUT2D eigenvalue weighted by atomic mass is 127. The van der Waals surface area contributed by atoms with Gasteiger partial charge in [-0.15, -0.1) is 24.0 Å². The number of rotatable bonds is 5. The van der Waals surface area contributed by atoms with Crippen LogP contribution in [0.15, 0.2) is 52.4 Å². The number of hydrogen-bond acceptors (Lipinski definition) is 3. The van der Waals surface area contributed by atoms with Gasteiger partial charge in [0.1, 0.15) is 0 Å². The molecule has 0 saturated carbocycles. The van der Waals surface area contributed by atoms with Gasteiger partial charge < -0.3 is 11.1 Å². The molecule has 0 unspecified atom stereocenters. The standard InChI is InChI=1S/C18H24N4O2S.HI/c1-13-9-10-16(11-14(13)2)21-18(19)20-12-15-7-5-6-8-17(15)25(23,24)22(3)4;/h5-11H,12H2,1-4H3,(H3,19,20,21);1H. The molecule has 2 aromatic rings. The van der Waals surface area contributed by atoms with Gasteiger partial charge in [-0.2, -0.15) is 0 Å². The fourth-order valence-electron chi connectivity index (χ4n) is 2.26. The summed E-state index contributed by atoms with van der Waals surface area (Å²) in [6.07, 6.45) is 0. The second-order valence-electron chi connectivity index (χ2n) is 6.02. The zero-order chi connectivity index (χ0) is 18.6. The first-order valence-electron chi connectivity index (χ1n) is 7.86. The van der Waals surface area contributed by atoms with Crippen molar-refractivity contribution in [2.24, 2.45) is 10.7 Å². The van der Waals surface area contributed by atoms with E-state index < -0.39 is 10.0 Å². The number of benzene rings is 2. The van der Waals surface area contributed by atoms with Crippen molar-refractivity contribution in [2.45, 2.75) is 25.3 Å². The number of aliphatic imine (C=N–C) groups is 1. The second kappa shape index (κ2) is 9.33. The van der Waals surface area contributed by atoms with Crippen molar-refractivity contribution in [1.29, 1.82) is 0 Å². The molecule has 0 saturated heterocycles. The summed E-state index contributed by atoms with van der Waals surface area (Å²) in [7, 11) is -0.512. The van der Waals surface area contributed by atoms with Crippen molar-refractivity contribution in [3.8, 4) is 0 Å². The lowest BCUT2D eigenvalue weighted by Gasteiger charge is -2.14. The Hall–Kier alpha value is -1.65. The van der Waals surface area contributed by atoms with Crippen LogP contribution in [0.4, 0.5) is 5.69 Å². The second-order valence-corrected chi connectivity index (χ2v) is 8.14. The predicted molar refractivity (Wildman–Crippen MR) is 118 cm³/mol. The predicted octanol–water partition coefficient (Wildman–Crippen LogP) is 3.10. The molecular weight excluding hydrogens is 463 g/mol. The van der Waals surface area contributed by atoms with Gasteiger partial charge in [0.05, 0.1) is 11.4 Å². The van der Waals surface area contributed by atoms with Gasteiger partial charge in [-0.05, 0) is 48.7 Å². The Bertz CT molecular complexity index is 896. The van der Waals surface area contributed by atoms with Crippen LogP contribution in [0, 0.1) is 13.8 Å². The molecule has 0 heterocycles. The number of guanidine groups is 1. The highest BCUT2D eigenvalue weighted by molar-refractivity contribution is 14.0. The molecule has 0 spiro atoms. The third-order valence-corrected chi connectivity index (χ3v) is 5.85. The lowest BCUT2D eigenvalue weighted by molar-refractivity contribution is 0.519. The van der Waals surface area contributed by atoms with E-state index in [-0.39, 0.29) is 41.4 Å². The summed E-state index contributed by atoms with van der Waals surface area (Å²) < 4.78 is 26.0. The van der Waals surface area contributed by atoms with Crippen LogP contribution in [-0.4, -0.2) is 32.8 Å². The van der Waals surface area contributed by atoms with Crippen molar-refractivity contribution in [1.82, 2.24) is 4.31 Å². The van der Waals surface area contributed by atoms with E-state index in [1.165, 1.54) is 24.0 Å². The Kier molecular flexibility index (Phi) is 8.04. The molecule has 6 nitrogen and oxygen atoms in total. The number of nitrogens with one attached hydrogen (secondary N) is 1. The highest BCUT2D eigenvalue weighted by Crippen LogP contribution is 2.19. The Labute approximate surface area is 172 Å². The minimum Gasteiger partial charge on any atom is -0.370 e. The number of aryl methyl sites for hydroxylation is 2. The number of anilines is 1. The van der Waals surface area contributed by atoms with Gasteiger partial charge in [-0.1, -0.05) is 24.3 Å². The van der Waals surface area contributed by atoms with Gasteiger partial charge in [0, 0.05) is 19.8 Å². The molecule has 3 N–H and O–H groups in total. The third kappa shape index (κ3) is 5.42. The largest absolute Gasteiger partial charge is 0.370 e. The summed E-state index contributed by atoms with van der Waals surface area (Å²) in [4.78, 5) is 4.51. The zero-order valence-corrected chi connectivity index (χ0v) is 18.5. The van der Waals surface area contributed by atoms with Crippen LogP contribution in [0.2, 0.25) is 0 Å². The van der Waals surface area contributed by atoms with Crippen LogP contribution in [0.1, 0.15) is 16.7 Å². The Morgan fingerprint density at radius 2 is 1.77 bits per heavy atom. The molecule has 0 bridgehead atoms. The van der Waals surface area contributed by atoms with Gasteiger partial charge in [-0.25, -0.2) is 17.7 Å². The van der Waals surface area contributed by atoms with Crippen LogP contribution in [-0.2, 0) is 16.6 Å². The maximum absolute atomic E-state index is 12.4. The Morgan fingerprint density at radius 3 is 2.38 bits per heavy atom. The highest BCUT2D eigenvalue weighted by Gasteiger charge is 2.20. The molecule has 142 valence electrons. The maximum Gasteiger partial charge on any atom is 0.242 e. The van der Waals surface area contributed by atoms with Crippen LogP contribution in [0.25, 0.3) is 0 Å². The van der Waals surface area contributed by atoms with E-state index in [4.69, 9.17) is 5.73 Å². The van der Waals surface area contributed by atoms with Gasteiger partial charge in [0.2, 0.25) is 10.0 Å². The van der Waals surface area contributed by atoms with Crippen molar-refractivity contribution in [3.63, 3.8) is 0 Å². The van der Waals surface area contributed by atoms with E-state index in [9.17, 15) is 8.42 Å². The number of sulfonamides is 1.